The number of benzene rings is 2. The van der Waals surface area contributed by atoms with Gasteiger partial charge in [0, 0.05) is 37.0 Å². The molecule has 2 aromatic heterocycles. The first-order chi connectivity index (χ1) is 16.0. The number of fused-ring (bicyclic) bond motifs is 1. The number of aromatic nitrogens is 4. The number of rotatable bonds is 4. The zero-order valence-electron chi connectivity index (χ0n) is 18.5. The Morgan fingerprint density at radius 1 is 1.18 bits per heavy atom. The third-order valence-corrected chi connectivity index (χ3v) is 6.21. The molecule has 1 saturated heterocycles. The van der Waals surface area contributed by atoms with Crippen molar-refractivity contribution in [3.63, 3.8) is 0 Å². The van der Waals surface area contributed by atoms with E-state index < -0.39 is 11.4 Å². The first-order valence-corrected chi connectivity index (χ1v) is 10.9. The number of aliphatic hydroxyl groups is 1. The van der Waals surface area contributed by atoms with Crippen LogP contribution in [0.5, 0.6) is 0 Å². The fourth-order valence-corrected chi connectivity index (χ4v) is 4.46. The van der Waals surface area contributed by atoms with E-state index in [-0.39, 0.29) is 18.3 Å². The molecule has 1 fully saturated rings. The van der Waals surface area contributed by atoms with E-state index in [1.54, 1.807) is 19.1 Å². The molecule has 0 radical (unpaired) electrons. The highest BCUT2D eigenvalue weighted by Crippen LogP contribution is 2.28. The molecule has 8 nitrogen and oxygen atoms in total. The van der Waals surface area contributed by atoms with Crippen LogP contribution in [0.2, 0.25) is 0 Å². The van der Waals surface area contributed by atoms with E-state index in [2.05, 4.69) is 32.1 Å². The molecule has 0 amide bonds. The number of hydrogen-bond acceptors (Lipinski definition) is 6. The second-order valence-corrected chi connectivity index (χ2v) is 8.47. The molecule has 1 atom stereocenters. The molecular formula is C24H25FN6O2. The van der Waals surface area contributed by atoms with Gasteiger partial charge >= 0.3 is 0 Å². The number of hydrogen-bond donors (Lipinski definition) is 2. The minimum Gasteiger partial charge on any atom is -0.394 e. The first-order valence-electron chi connectivity index (χ1n) is 10.9. The van der Waals surface area contributed by atoms with Gasteiger partial charge in [-0.2, -0.15) is 14.9 Å². The Labute approximate surface area is 189 Å². The van der Waals surface area contributed by atoms with Crippen molar-refractivity contribution in [2.45, 2.75) is 13.0 Å². The molecular weight excluding hydrogens is 423 g/mol. The number of aromatic amines is 1. The van der Waals surface area contributed by atoms with E-state index in [0.717, 1.165) is 35.6 Å². The number of piperazine rings is 1. The number of nitrogens with one attached hydrogen (secondary N) is 1. The van der Waals surface area contributed by atoms with Crippen LogP contribution in [0.4, 0.5) is 10.1 Å². The monoisotopic (exact) mass is 448 g/mol. The van der Waals surface area contributed by atoms with E-state index in [9.17, 15) is 14.3 Å². The fraction of sp³-hybridized carbons (Fsp3) is 0.292. The maximum absolute atomic E-state index is 14.5. The minimum absolute atomic E-state index is 0.0425. The summed E-state index contributed by atoms with van der Waals surface area (Å²) in [4.78, 5) is 17.1. The molecule has 2 N–H and O–H groups in total. The van der Waals surface area contributed by atoms with Gasteiger partial charge in [0.05, 0.1) is 18.2 Å². The molecule has 0 bridgehead atoms. The standard InChI is InChI=1S/C24H25FN6O2/c1-15-4-3-5-19(25)24(15)31-21(33)12-20-23(28-31)22(27-26-20)16-6-8-17(9-7-16)30-11-10-29(2)13-18(30)14-32/h3-9,12,18,26,32H,10-11,13-14H2,1-2H3. The summed E-state index contributed by atoms with van der Waals surface area (Å²) in [6.45, 7) is 4.40. The highest BCUT2D eigenvalue weighted by atomic mass is 19.1. The van der Waals surface area contributed by atoms with Gasteiger partial charge in [0.25, 0.3) is 5.56 Å². The number of anilines is 1. The van der Waals surface area contributed by atoms with Gasteiger partial charge in [0.15, 0.2) is 0 Å². The normalized spacial score (nSPS) is 17.1. The molecule has 1 aliphatic heterocycles. The highest BCUT2D eigenvalue weighted by Gasteiger charge is 2.25. The maximum atomic E-state index is 14.5. The summed E-state index contributed by atoms with van der Waals surface area (Å²) in [5.74, 6) is -0.510. The van der Waals surface area contributed by atoms with Gasteiger partial charge in [-0.15, -0.1) is 0 Å². The number of H-pyrrole nitrogens is 1. The average molecular weight is 449 g/mol. The van der Waals surface area contributed by atoms with E-state index >= 15 is 0 Å². The summed E-state index contributed by atoms with van der Waals surface area (Å²) in [5, 5.41) is 21.5. The van der Waals surface area contributed by atoms with Crippen molar-refractivity contribution in [2.24, 2.45) is 0 Å². The second-order valence-electron chi connectivity index (χ2n) is 8.47. The predicted octanol–water partition coefficient (Wildman–Crippen LogP) is 2.34. The average Bonchev–Trinajstić information content (AvgIpc) is 3.21. The van der Waals surface area contributed by atoms with Crippen LogP contribution < -0.4 is 10.5 Å². The van der Waals surface area contributed by atoms with Crippen molar-refractivity contribution in [2.75, 3.05) is 38.2 Å². The Morgan fingerprint density at radius 3 is 2.70 bits per heavy atom. The Bertz CT molecular complexity index is 1340. The van der Waals surface area contributed by atoms with Crippen LogP contribution >= 0.6 is 0 Å². The zero-order valence-corrected chi connectivity index (χ0v) is 18.5. The minimum atomic E-state index is -0.510. The molecule has 9 heteroatoms. The van der Waals surface area contributed by atoms with Crippen LogP contribution in [0.25, 0.3) is 28.0 Å². The Hall–Kier alpha value is -3.56. The van der Waals surface area contributed by atoms with E-state index in [1.165, 1.54) is 12.1 Å². The SMILES string of the molecule is Cc1cccc(F)c1-n1nc2c(-c3ccc(N4CCN(C)CC4CO)cc3)n[nH]c2cc1=O. The lowest BCUT2D eigenvalue weighted by molar-refractivity contribution is 0.191. The first kappa shape index (κ1) is 21.3. The lowest BCUT2D eigenvalue weighted by Crippen LogP contribution is -2.53. The van der Waals surface area contributed by atoms with Gasteiger partial charge in [-0.25, -0.2) is 4.39 Å². The van der Waals surface area contributed by atoms with Crippen LogP contribution in [0.3, 0.4) is 0 Å². The van der Waals surface area contributed by atoms with Crippen LogP contribution in [0.1, 0.15) is 5.56 Å². The largest absolute Gasteiger partial charge is 0.394 e. The molecule has 5 rings (SSSR count). The summed E-state index contributed by atoms with van der Waals surface area (Å²) >= 11 is 0. The molecule has 1 unspecified atom stereocenters. The molecule has 2 aromatic carbocycles. The number of halogens is 1. The lowest BCUT2D eigenvalue weighted by Gasteiger charge is -2.40. The van der Waals surface area contributed by atoms with Crippen molar-refractivity contribution in [1.29, 1.82) is 0 Å². The van der Waals surface area contributed by atoms with Crippen molar-refractivity contribution in [3.8, 4) is 16.9 Å². The summed E-state index contributed by atoms with van der Waals surface area (Å²) in [5.41, 5.74) is 3.71. The molecule has 0 aliphatic carbocycles. The predicted molar refractivity (Wildman–Crippen MR) is 125 cm³/mol. The Kier molecular flexibility index (Phi) is 5.43. The lowest BCUT2D eigenvalue weighted by atomic mass is 10.1. The topological polar surface area (TPSA) is 90.3 Å². The fourth-order valence-electron chi connectivity index (χ4n) is 4.46. The van der Waals surface area contributed by atoms with E-state index in [0.29, 0.717) is 22.3 Å². The summed E-state index contributed by atoms with van der Waals surface area (Å²) in [6.07, 6.45) is 0. The number of para-hydroxylation sites is 1. The van der Waals surface area contributed by atoms with E-state index in [1.807, 2.05) is 24.3 Å². The maximum Gasteiger partial charge on any atom is 0.273 e. The van der Waals surface area contributed by atoms with Gasteiger partial charge in [-0.1, -0.05) is 24.3 Å². The Morgan fingerprint density at radius 2 is 1.97 bits per heavy atom. The highest BCUT2D eigenvalue weighted by molar-refractivity contribution is 5.89. The summed E-state index contributed by atoms with van der Waals surface area (Å²) < 4.78 is 15.6. The number of likely N-dealkylation sites (N-methyl/N-ethyl adjacent to an activating group) is 1. The molecule has 0 spiro atoms. The zero-order chi connectivity index (χ0) is 23.1. The number of nitrogens with zero attached hydrogens (tertiary/aromatic N) is 5. The van der Waals surface area contributed by atoms with Gasteiger partial charge in [-0.3, -0.25) is 9.89 Å². The summed E-state index contributed by atoms with van der Waals surface area (Å²) in [6, 6.07) is 14.0. The van der Waals surface area contributed by atoms with E-state index in [4.69, 9.17) is 0 Å². The molecule has 4 aromatic rings. The summed E-state index contributed by atoms with van der Waals surface area (Å²) in [7, 11) is 2.06. The van der Waals surface area contributed by atoms with Crippen LogP contribution in [-0.2, 0) is 0 Å². The van der Waals surface area contributed by atoms with Crippen molar-refractivity contribution in [1.82, 2.24) is 24.9 Å². The van der Waals surface area contributed by atoms with Crippen molar-refractivity contribution in [3.05, 3.63) is 70.3 Å². The molecule has 1 aliphatic rings. The Balaban J connectivity index is 1.54. The molecule has 0 saturated carbocycles. The van der Waals surface area contributed by atoms with Crippen LogP contribution in [0, 0.1) is 12.7 Å². The smallest absolute Gasteiger partial charge is 0.273 e. The number of aryl methyl sites for hydroxylation is 1. The third kappa shape index (κ3) is 3.79. The van der Waals surface area contributed by atoms with Gasteiger partial charge in [-0.05, 0) is 37.7 Å². The van der Waals surface area contributed by atoms with Gasteiger partial charge < -0.3 is 14.9 Å². The van der Waals surface area contributed by atoms with Crippen molar-refractivity contribution >= 4 is 16.7 Å². The van der Waals surface area contributed by atoms with Crippen LogP contribution in [-0.4, -0.2) is 69.3 Å². The van der Waals surface area contributed by atoms with Gasteiger partial charge in [0.2, 0.25) is 0 Å². The quantitative estimate of drug-likeness (QED) is 0.498. The third-order valence-electron chi connectivity index (χ3n) is 6.21. The second kappa shape index (κ2) is 8.42. The molecule has 170 valence electrons. The van der Waals surface area contributed by atoms with Crippen molar-refractivity contribution < 1.29 is 9.50 Å². The molecule has 3 heterocycles. The van der Waals surface area contributed by atoms with Crippen LogP contribution in [0.15, 0.2) is 53.3 Å². The molecule has 33 heavy (non-hydrogen) atoms. The van der Waals surface area contributed by atoms with Gasteiger partial charge in [0.1, 0.15) is 22.7 Å². The number of aliphatic hydroxyl groups excluding tert-OH is 1.